The van der Waals surface area contributed by atoms with Gasteiger partial charge in [0, 0.05) is 23.9 Å². The van der Waals surface area contributed by atoms with Crippen molar-refractivity contribution in [1.82, 2.24) is 14.7 Å². The Hall–Kier alpha value is -3.43. The number of carboxylic acids is 1. The number of ether oxygens (including phenoxy) is 1. The van der Waals surface area contributed by atoms with Crippen LogP contribution in [-0.4, -0.2) is 49.1 Å². The lowest BCUT2D eigenvalue weighted by atomic mass is 10.1. The highest BCUT2D eigenvalue weighted by atomic mass is 32.2. The normalized spacial score (nSPS) is 14.7. The third-order valence-electron chi connectivity index (χ3n) is 5.05. The third-order valence-corrected chi connectivity index (χ3v) is 6.43. The number of nitrogens with zero attached hydrogens (tertiary/aromatic N) is 3. The van der Waals surface area contributed by atoms with Crippen molar-refractivity contribution in [3.8, 4) is 22.7 Å². The zero-order valence-corrected chi connectivity index (χ0v) is 20.1. The highest BCUT2D eigenvalue weighted by Crippen LogP contribution is 2.35. The van der Waals surface area contributed by atoms with Crippen molar-refractivity contribution in [2.45, 2.75) is 19.8 Å². The van der Waals surface area contributed by atoms with Crippen LogP contribution in [-0.2, 0) is 9.59 Å². The molecule has 0 spiro atoms. The molecule has 0 radical (unpaired) electrons. The fourth-order valence-corrected chi connectivity index (χ4v) is 4.72. The first-order chi connectivity index (χ1) is 16.5. The van der Waals surface area contributed by atoms with Gasteiger partial charge in [-0.05, 0) is 36.8 Å². The van der Waals surface area contributed by atoms with Crippen LogP contribution < -0.4 is 4.74 Å². The summed E-state index contributed by atoms with van der Waals surface area (Å²) in [5.41, 5.74) is 3.18. The number of amides is 1. The summed E-state index contributed by atoms with van der Waals surface area (Å²) in [6, 6.07) is 17.4. The zero-order valence-electron chi connectivity index (χ0n) is 18.5. The molecule has 174 valence electrons. The van der Waals surface area contributed by atoms with E-state index in [0.717, 1.165) is 29.0 Å². The number of carboxylic acid groups (broad SMARTS) is 1. The second-order valence-corrected chi connectivity index (χ2v) is 9.24. The van der Waals surface area contributed by atoms with Crippen LogP contribution in [0.15, 0.2) is 65.7 Å². The number of rotatable bonds is 9. The van der Waals surface area contributed by atoms with Crippen LogP contribution in [0.5, 0.6) is 5.75 Å². The second-order valence-electron chi connectivity index (χ2n) is 7.57. The summed E-state index contributed by atoms with van der Waals surface area (Å²) < 4.78 is 7.91. The van der Waals surface area contributed by atoms with E-state index < -0.39 is 5.97 Å². The lowest BCUT2D eigenvalue weighted by molar-refractivity contribution is -0.137. The fourth-order valence-electron chi connectivity index (χ4n) is 3.42. The summed E-state index contributed by atoms with van der Waals surface area (Å²) in [5.74, 6) is -0.524. The number of carbonyl (C=O) groups excluding carboxylic acids is 1. The Morgan fingerprint density at radius 2 is 2.00 bits per heavy atom. The Morgan fingerprint density at radius 1 is 1.21 bits per heavy atom. The number of thioether (sulfide) groups is 1. The van der Waals surface area contributed by atoms with Crippen LogP contribution in [0.4, 0.5) is 0 Å². The van der Waals surface area contributed by atoms with E-state index in [2.05, 4.69) is 6.92 Å². The number of hydrogen-bond acceptors (Lipinski definition) is 6. The van der Waals surface area contributed by atoms with Gasteiger partial charge in [0.15, 0.2) is 0 Å². The molecule has 3 aromatic rings. The van der Waals surface area contributed by atoms with E-state index in [1.807, 2.05) is 60.8 Å². The van der Waals surface area contributed by atoms with Gasteiger partial charge < -0.3 is 9.84 Å². The number of para-hydroxylation sites is 1. The summed E-state index contributed by atoms with van der Waals surface area (Å²) >= 11 is 6.49. The Kier molecular flexibility index (Phi) is 7.44. The number of aliphatic carboxylic acids is 1. The van der Waals surface area contributed by atoms with E-state index in [9.17, 15) is 9.59 Å². The van der Waals surface area contributed by atoms with Crippen molar-refractivity contribution in [3.63, 3.8) is 0 Å². The van der Waals surface area contributed by atoms with Crippen LogP contribution >= 0.6 is 24.0 Å². The molecule has 1 fully saturated rings. The minimum Gasteiger partial charge on any atom is -0.494 e. The van der Waals surface area contributed by atoms with Crippen LogP contribution in [0.1, 0.15) is 25.3 Å². The van der Waals surface area contributed by atoms with E-state index in [4.69, 9.17) is 27.2 Å². The molecule has 1 aliphatic rings. The van der Waals surface area contributed by atoms with Gasteiger partial charge in [0.2, 0.25) is 0 Å². The SMILES string of the molecule is CCCOc1cccc(-c2nn(-c3ccccc3)cc2/C=C2\SC(=S)N(CCC(=O)O)C2=O)c1. The topological polar surface area (TPSA) is 84.7 Å². The van der Waals surface area contributed by atoms with Crippen molar-refractivity contribution < 1.29 is 19.4 Å². The highest BCUT2D eigenvalue weighted by molar-refractivity contribution is 8.26. The molecule has 0 saturated carbocycles. The molecule has 0 unspecified atom stereocenters. The molecule has 1 N–H and O–H groups in total. The van der Waals surface area contributed by atoms with E-state index in [1.165, 1.54) is 16.7 Å². The average Bonchev–Trinajstić information content (AvgIpc) is 3.38. The molecule has 1 aromatic heterocycles. The first-order valence-corrected chi connectivity index (χ1v) is 12.0. The van der Waals surface area contributed by atoms with Crippen LogP contribution in [0.3, 0.4) is 0 Å². The summed E-state index contributed by atoms with van der Waals surface area (Å²) in [5, 5.41) is 13.8. The smallest absolute Gasteiger partial charge is 0.305 e. The minimum atomic E-state index is -0.977. The molecular formula is C25H23N3O4S2. The van der Waals surface area contributed by atoms with E-state index in [1.54, 1.807) is 10.8 Å². The number of aromatic nitrogens is 2. The van der Waals surface area contributed by atoms with Gasteiger partial charge >= 0.3 is 5.97 Å². The van der Waals surface area contributed by atoms with Gasteiger partial charge in [0.05, 0.1) is 23.6 Å². The maximum atomic E-state index is 12.9. The third kappa shape index (κ3) is 5.37. The Labute approximate surface area is 207 Å². The van der Waals surface area contributed by atoms with Crippen molar-refractivity contribution >= 4 is 46.3 Å². The second kappa shape index (κ2) is 10.7. The minimum absolute atomic E-state index is 0.0459. The molecule has 2 heterocycles. The van der Waals surface area contributed by atoms with Crippen LogP contribution in [0, 0.1) is 0 Å². The summed E-state index contributed by atoms with van der Waals surface area (Å²) in [6.45, 7) is 2.72. The quantitative estimate of drug-likeness (QED) is 0.332. The van der Waals surface area contributed by atoms with E-state index >= 15 is 0 Å². The number of thiocarbonyl (C=S) groups is 1. The molecule has 0 aliphatic carbocycles. The molecule has 34 heavy (non-hydrogen) atoms. The monoisotopic (exact) mass is 493 g/mol. The number of hydrogen-bond donors (Lipinski definition) is 1. The molecule has 4 rings (SSSR count). The van der Waals surface area contributed by atoms with Gasteiger partial charge in [-0.25, -0.2) is 4.68 Å². The predicted molar refractivity (Wildman–Crippen MR) is 137 cm³/mol. The maximum Gasteiger partial charge on any atom is 0.305 e. The Morgan fingerprint density at radius 3 is 2.74 bits per heavy atom. The summed E-state index contributed by atoms with van der Waals surface area (Å²) in [7, 11) is 0. The van der Waals surface area contributed by atoms with Gasteiger partial charge in [-0.1, -0.05) is 61.2 Å². The van der Waals surface area contributed by atoms with Gasteiger partial charge in [-0.15, -0.1) is 0 Å². The molecule has 0 bridgehead atoms. The molecule has 1 amide bonds. The van der Waals surface area contributed by atoms with E-state index in [-0.39, 0.29) is 18.9 Å². The largest absolute Gasteiger partial charge is 0.494 e. The molecule has 1 aliphatic heterocycles. The zero-order chi connectivity index (χ0) is 24.1. The molecule has 7 nitrogen and oxygen atoms in total. The Balaban J connectivity index is 1.73. The fraction of sp³-hybridized carbons (Fsp3) is 0.200. The average molecular weight is 494 g/mol. The summed E-state index contributed by atoms with van der Waals surface area (Å²) in [6.07, 6.45) is 4.37. The van der Waals surface area contributed by atoms with Gasteiger partial charge in [0.1, 0.15) is 15.8 Å². The maximum absolute atomic E-state index is 12.9. The number of benzene rings is 2. The highest BCUT2D eigenvalue weighted by Gasteiger charge is 2.32. The lowest BCUT2D eigenvalue weighted by Crippen LogP contribution is -2.30. The first kappa shape index (κ1) is 23.7. The standard InChI is InChI=1S/C25H23N3O4S2/c1-2-13-32-20-10-6-7-17(14-20)23-18(16-28(26-23)19-8-4-3-5-9-19)15-21-24(31)27(25(33)34-21)12-11-22(29)30/h3-10,14-16H,2,11-13H2,1H3,(H,29,30)/b21-15-. The lowest BCUT2D eigenvalue weighted by Gasteiger charge is -2.12. The van der Waals surface area contributed by atoms with Gasteiger partial charge in [-0.3, -0.25) is 14.5 Å². The van der Waals surface area contributed by atoms with Crippen molar-refractivity contribution in [1.29, 1.82) is 0 Å². The Bertz CT molecular complexity index is 1250. The molecule has 0 atom stereocenters. The van der Waals surface area contributed by atoms with Crippen molar-refractivity contribution in [2.24, 2.45) is 0 Å². The molecule has 2 aromatic carbocycles. The molecule has 9 heteroatoms. The molecular weight excluding hydrogens is 470 g/mol. The van der Waals surface area contributed by atoms with Crippen LogP contribution in [0.2, 0.25) is 0 Å². The van der Waals surface area contributed by atoms with Gasteiger partial charge in [-0.2, -0.15) is 5.10 Å². The van der Waals surface area contributed by atoms with Crippen molar-refractivity contribution in [3.05, 3.63) is 71.3 Å². The molecule has 1 saturated heterocycles. The number of carbonyl (C=O) groups is 2. The van der Waals surface area contributed by atoms with E-state index in [0.29, 0.717) is 21.5 Å². The summed E-state index contributed by atoms with van der Waals surface area (Å²) in [4.78, 5) is 25.7. The first-order valence-electron chi connectivity index (χ1n) is 10.8. The van der Waals surface area contributed by atoms with Crippen LogP contribution in [0.25, 0.3) is 23.0 Å². The van der Waals surface area contributed by atoms with Crippen molar-refractivity contribution in [2.75, 3.05) is 13.2 Å². The van der Waals surface area contributed by atoms with Gasteiger partial charge in [0.25, 0.3) is 5.91 Å². The predicted octanol–water partition coefficient (Wildman–Crippen LogP) is 5.00.